The lowest BCUT2D eigenvalue weighted by molar-refractivity contribution is 0.523. The average Bonchev–Trinajstić information content (AvgIpc) is 3.06. The molecule has 1 aromatic heterocycles. The Balaban J connectivity index is 1.74. The van der Waals surface area contributed by atoms with Crippen molar-refractivity contribution in [2.75, 3.05) is 0 Å². The monoisotopic (exact) mass is 289 g/mol. The molecule has 1 heterocycles. The SMILES string of the molecule is Cc1c(CNC2CCCC2)cnn1-c1cccc(Cl)c1. The fourth-order valence-electron chi connectivity index (χ4n) is 2.87. The molecule has 106 valence electrons. The van der Waals surface area contributed by atoms with Crippen molar-refractivity contribution in [3.05, 3.63) is 46.7 Å². The van der Waals surface area contributed by atoms with Crippen LogP contribution < -0.4 is 5.32 Å². The molecule has 2 aromatic rings. The Morgan fingerprint density at radius 1 is 1.35 bits per heavy atom. The second-order valence-corrected chi connectivity index (χ2v) is 5.95. The van der Waals surface area contributed by atoms with Crippen molar-refractivity contribution in [3.8, 4) is 5.69 Å². The minimum Gasteiger partial charge on any atom is -0.310 e. The van der Waals surface area contributed by atoms with Crippen LogP contribution in [0.15, 0.2) is 30.5 Å². The third kappa shape index (κ3) is 2.89. The van der Waals surface area contributed by atoms with Gasteiger partial charge in [0.15, 0.2) is 0 Å². The molecule has 20 heavy (non-hydrogen) atoms. The van der Waals surface area contributed by atoms with Crippen LogP contribution >= 0.6 is 11.6 Å². The molecular formula is C16H20ClN3. The number of nitrogens with zero attached hydrogens (tertiary/aromatic N) is 2. The highest BCUT2D eigenvalue weighted by Crippen LogP contribution is 2.20. The third-order valence-electron chi connectivity index (χ3n) is 4.10. The van der Waals surface area contributed by atoms with Crippen molar-refractivity contribution in [1.29, 1.82) is 0 Å². The van der Waals surface area contributed by atoms with Crippen LogP contribution in [-0.2, 0) is 6.54 Å². The van der Waals surface area contributed by atoms with Gasteiger partial charge < -0.3 is 5.32 Å². The van der Waals surface area contributed by atoms with Crippen LogP contribution in [0.2, 0.25) is 5.02 Å². The highest BCUT2D eigenvalue weighted by atomic mass is 35.5. The molecule has 1 N–H and O–H groups in total. The zero-order chi connectivity index (χ0) is 13.9. The van der Waals surface area contributed by atoms with Crippen LogP contribution in [-0.4, -0.2) is 15.8 Å². The maximum absolute atomic E-state index is 6.05. The summed E-state index contributed by atoms with van der Waals surface area (Å²) in [6.45, 7) is 3.01. The first kappa shape index (κ1) is 13.7. The Morgan fingerprint density at radius 2 is 2.15 bits per heavy atom. The van der Waals surface area contributed by atoms with E-state index < -0.39 is 0 Å². The number of rotatable bonds is 4. The van der Waals surface area contributed by atoms with Gasteiger partial charge in [-0.05, 0) is 38.0 Å². The summed E-state index contributed by atoms with van der Waals surface area (Å²) in [5.74, 6) is 0. The van der Waals surface area contributed by atoms with Gasteiger partial charge in [-0.25, -0.2) is 4.68 Å². The fourth-order valence-corrected chi connectivity index (χ4v) is 3.05. The summed E-state index contributed by atoms with van der Waals surface area (Å²) >= 11 is 6.05. The molecule has 1 fully saturated rings. The Hall–Kier alpha value is -1.32. The fraction of sp³-hybridized carbons (Fsp3) is 0.438. The highest BCUT2D eigenvalue weighted by Gasteiger charge is 2.15. The molecule has 3 nitrogen and oxygen atoms in total. The number of benzene rings is 1. The Morgan fingerprint density at radius 3 is 2.90 bits per heavy atom. The first-order valence-electron chi connectivity index (χ1n) is 7.27. The summed E-state index contributed by atoms with van der Waals surface area (Å²) in [6.07, 6.45) is 7.29. The van der Waals surface area contributed by atoms with E-state index in [1.807, 2.05) is 35.1 Å². The third-order valence-corrected chi connectivity index (χ3v) is 4.34. The molecule has 1 aliphatic carbocycles. The van der Waals surface area contributed by atoms with Crippen LogP contribution in [0.5, 0.6) is 0 Å². The van der Waals surface area contributed by atoms with E-state index >= 15 is 0 Å². The number of hydrogen-bond acceptors (Lipinski definition) is 2. The Bertz CT molecular complexity index is 585. The lowest BCUT2D eigenvalue weighted by Crippen LogP contribution is -2.25. The summed E-state index contributed by atoms with van der Waals surface area (Å²) < 4.78 is 1.96. The van der Waals surface area contributed by atoms with Crippen molar-refractivity contribution in [3.63, 3.8) is 0 Å². The molecule has 0 atom stereocenters. The molecule has 0 aliphatic heterocycles. The molecule has 0 radical (unpaired) electrons. The van der Waals surface area contributed by atoms with Gasteiger partial charge in [-0.2, -0.15) is 5.10 Å². The van der Waals surface area contributed by atoms with Gasteiger partial charge in [0.1, 0.15) is 0 Å². The standard InChI is InChI=1S/C16H20ClN3/c1-12-13(10-18-15-6-2-3-7-15)11-19-20(12)16-8-4-5-14(17)9-16/h4-5,8-9,11,15,18H,2-3,6-7,10H2,1H3. The molecule has 0 spiro atoms. The summed E-state index contributed by atoms with van der Waals surface area (Å²) in [4.78, 5) is 0. The number of aromatic nitrogens is 2. The lowest BCUT2D eigenvalue weighted by Gasteiger charge is -2.11. The van der Waals surface area contributed by atoms with Gasteiger partial charge in [0, 0.05) is 28.9 Å². The van der Waals surface area contributed by atoms with E-state index in [0.717, 1.165) is 17.3 Å². The normalized spacial score (nSPS) is 15.9. The molecule has 0 saturated heterocycles. The van der Waals surface area contributed by atoms with Crippen LogP contribution in [0.3, 0.4) is 0 Å². The molecule has 0 amide bonds. The van der Waals surface area contributed by atoms with Crippen molar-refractivity contribution < 1.29 is 0 Å². The van der Waals surface area contributed by atoms with E-state index in [4.69, 9.17) is 11.6 Å². The maximum Gasteiger partial charge on any atom is 0.0663 e. The number of hydrogen-bond donors (Lipinski definition) is 1. The quantitative estimate of drug-likeness (QED) is 0.926. The van der Waals surface area contributed by atoms with E-state index in [2.05, 4.69) is 17.3 Å². The summed E-state index contributed by atoms with van der Waals surface area (Å²) in [7, 11) is 0. The predicted molar refractivity (Wildman–Crippen MR) is 82.4 cm³/mol. The largest absolute Gasteiger partial charge is 0.310 e. The Labute approximate surface area is 124 Å². The Kier molecular flexibility index (Phi) is 4.08. The minimum atomic E-state index is 0.684. The minimum absolute atomic E-state index is 0.684. The molecule has 1 saturated carbocycles. The topological polar surface area (TPSA) is 29.9 Å². The molecule has 4 heteroatoms. The molecule has 0 bridgehead atoms. The maximum atomic E-state index is 6.05. The van der Waals surface area contributed by atoms with Crippen molar-refractivity contribution in [2.45, 2.75) is 45.2 Å². The van der Waals surface area contributed by atoms with E-state index in [1.165, 1.54) is 36.9 Å². The van der Waals surface area contributed by atoms with E-state index in [9.17, 15) is 0 Å². The van der Waals surface area contributed by atoms with E-state index in [-0.39, 0.29) is 0 Å². The van der Waals surface area contributed by atoms with Gasteiger partial charge in [0.05, 0.1) is 11.9 Å². The first-order chi connectivity index (χ1) is 9.74. The van der Waals surface area contributed by atoms with Gasteiger partial charge in [0.2, 0.25) is 0 Å². The molecule has 0 unspecified atom stereocenters. The average molecular weight is 290 g/mol. The molecular weight excluding hydrogens is 270 g/mol. The predicted octanol–water partition coefficient (Wildman–Crippen LogP) is 3.87. The zero-order valence-electron chi connectivity index (χ0n) is 11.8. The lowest BCUT2D eigenvalue weighted by atomic mass is 10.2. The van der Waals surface area contributed by atoms with Crippen molar-refractivity contribution >= 4 is 11.6 Å². The van der Waals surface area contributed by atoms with Crippen LogP contribution in [0.1, 0.15) is 36.9 Å². The van der Waals surface area contributed by atoms with Crippen molar-refractivity contribution in [1.82, 2.24) is 15.1 Å². The van der Waals surface area contributed by atoms with Gasteiger partial charge in [0.25, 0.3) is 0 Å². The van der Waals surface area contributed by atoms with Gasteiger partial charge in [-0.1, -0.05) is 30.5 Å². The van der Waals surface area contributed by atoms with Gasteiger partial charge in [-0.15, -0.1) is 0 Å². The second kappa shape index (κ2) is 5.98. The molecule has 1 aliphatic rings. The smallest absolute Gasteiger partial charge is 0.0663 e. The van der Waals surface area contributed by atoms with Gasteiger partial charge >= 0.3 is 0 Å². The molecule has 3 rings (SSSR count). The van der Waals surface area contributed by atoms with E-state index in [0.29, 0.717) is 6.04 Å². The number of nitrogens with one attached hydrogen (secondary N) is 1. The summed E-state index contributed by atoms with van der Waals surface area (Å²) in [5, 5.41) is 8.86. The molecule has 1 aromatic carbocycles. The second-order valence-electron chi connectivity index (χ2n) is 5.51. The van der Waals surface area contributed by atoms with Crippen LogP contribution in [0.4, 0.5) is 0 Å². The highest BCUT2D eigenvalue weighted by molar-refractivity contribution is 6.30. The van der Waals surface area contributed by atoms with Crippen LogP contribution in [0, 0.1) is 6.92 Å². The first-order valence-corrected chi connectivity index (χ1v) is 7.64. The number of halogens is 1. The zero-order valence-corrected chi connectivity index (χ0v) is 12.5. The summed E-state index contributed by atoms with van der Waals surface area (Å²) in [6, 6.07) is 8.49. The van der Waals surface area contributed by atoms with Gasteiger partial charge in [-0.3, -0.25) is 0 Å². The van der Waals surface area contributed by atoms with Crippen LogP contribution in [0.25, 0.3) is 5.69 Å². The van der Waals surface area contributed by atoms with E-state index in [1.54, 1.807) is 0 Å². The summed E-state index contributed by atoms with van der Waals surface area (Å²) in [5.41, 5.74) is 3.46. The van der Waals surface area contributed by atoms with Crippen molar-refractivity contribution in [2.24, 2.45) is 0 Å².